The number of nitrogens with zero attached hydrogens (tertiary/aromatic N) is 1. The summed E-state index contributed by atoms with van der Waals surface area (Å²) in [6, 6.07) is 15.6. The fourth-order valence-corrected chi connectivity index (χ4v) is 2.44. The maximum Gasteiger partial charge on any atom is 0.251 e. The molecule has 1 unspecified atom stereocenters. The zero-order valence-electron chi connectivity index (χ0n) is 14.2. The lowest BCUT2D eigenvalue weighted by molar-refractivity contribution is 0.0942. The van der Waals surface area contributed by atoms with Crippen LogP contribution < -0.4 is 10.1 Å². The molecule has 122 valence electrons. The van der Waals surface area contributed by atoms with Gasteiger partial charge in [-0.2, -0.15) is 0 Å². The highest BCUT2D eigenvalue weighted by Crippen LogP contribution is 2.22. The van der Waals surface area contributed by atoms with Crippen LogP contribution >= 0.6 is 0 Å². The zero-order valence-corrected chi connectivity index (χ0v) is 14.2. The quantitative estimate of drug-likeness (QED) is 0.891. The van der Waals surface area contributed by atoms with Crippen molar-refractivity contribution in [2.45, 2.75) is 13.0 Å². The number of amides is 1. The van der Waals surface area contributed by atoms with E-state index in [0.717, 1.165) is 16.9 Å². The Hall–Kier alpha value is -2.33. The van der Waals surface area contributed by atoms with Crippen LogP contribution in [0.3, 0.4) is 0 Å². The molecule has 0 saturated heterocycles. The summed E-state index contributed by atoms with van der Waals surface area (Å²) in [5.41, 5.74) is 2.93. The van der Waals surface area contributed by atoms with Crippen LogP contribution in [0, 0.1) is 6.92 Å². The first-order valence-corrected chi connectivity index (χ1v) is 7.66. The third-order valence-electron chi connectivity index (χ3n) is 3.87. The molecule has 4 nitrogen and oxygen atoms in total. The molecule has 0 aliphatic carbocycles. The highest BCUT2D eigenvalue weighted by atomic mass is 16.5. The van der Waals surface area contributed by atoms with Gasteiger partial charge in [-0.25, -0.2) is 0 Å². The summed E-state index contributed by atoms with van der Waals surface area (Å²) in [6.45, 7) is 2.54. The van der Waals surface area contributed by atoms with E-state index in [9.17, 15) is 4.79 Å². The maximum absolute atomic E-state index is 12.3. The average Bonchev–Trinajstić information content (AvgIpc) is 2.55. The Labute approximate surface area is 138 Å². The Balaban J connectivity index is 2.07. The molecule has 0 bridgehead atoms. The average molecular weight is 312 g/mol. The van der Waals surface area contributed by atoms with Gasteiger partial charge in [0.1, 0.15) is 5.75 Å². The molecule has 4 heteroatoms. The number of likely N-dealkylation sites (N-methyl/N-ethyl adjacent to an activating group) is 1. The summed E-state index contributed by atoms with van der Waals surface area (Å²) in [4.78, 5) is 14.4. The van der Waals surface area contributed by atoms with Crippen LogP contribution in [0.15, 0.2) is 48.5 Å². The Kier molecular flexibility index (Phi) is 5.77. The smallest absolute Gasteiger partial charge is 0.251 e. The lowest BCUT2D eigenvalue weighted by Crippen LogP contribution is -2.34. The second-order valence-corrected chi connectivity index (χ2v) is 5.83. The fourth-order valence-electron chi connectivity index (χ4n) is 2.44. The van der Waals surface area contributed by atoms with Crippen molar-refractivity contribution in [3.8, 4) is 5.75 Å². The van der Waals surface area contributed by atoms with E-state index in [4.69, 9.17) is 4.74 Å². The van der Waals surface area contributed by atoms with Crippen LogP contribution in [-0.2, 0) is 0 Å². The molecule has 1 N–H and O–H groups in total. The van der Waals surface area contributed by atoms with Gasteiger partial charge in [0.15, 0.2) is 0 Å². The van der Waals surface area contributed by atoms with Crippen molar-refractivity contribution in [1.82, 2.24) is 10.2 Å². The number of nitrogens with one attached hydrogen (secondary N) is 1. The minimum atomic E-state index is -0.0558. The van der Waals surface area contributed by atoms with Gasteiger partial charge in [-0.15, -0.1) is 0 Å². The second kappa shape index (κ2) is 7.79. The molecule has 0 radical (unpaired) electrons. The molecule has 0 aliphatic heterocycles. The first-order valence-electron chi connectivity index (χ1n) is 7.66. The van der Waals surface area contributed by atoms with E-state index >= 15 is 0 Å². The van der Waals surface area contributed by atoms with E-state index in [0.29, 0.717) is 12.1 Å². The van der Waals surface area contributed by atoms with Gasteiger partial charge < -0.3 is 15.0 Å². The summed E-state index contributed by atoms with van der Waals surface area (Å²) in [7, 11) is 5.66. The molecule has 2 rings (SSSR count). The molecule has 1 amide bonds. The SMILES string of the molecule is COc1cccc(C(CNC(=O)c2ccc(C)cc2)N(C)C)c1. The molecule has 23 heavy (non-hydrogen) atoms. The van der Waals surface area contributed by atoms with E-state index in [-0.39, 0.29) is 11.9 Å². The Morgan fingerprint density at radius 1 is 1.17 bits per heavy atom. The van der Waals surface area contributed by atoms with Crippen molar-refractivity contribution in [2.24, 2.45) is 0 Å². The van der Waals surface area contributed by atoms with Crippen molar-refractivity contribution in [2.75, 3.05) is 27.7 Å². The summed E-state index contributed by atoms with van der Waals surface area (Å²) < 4.78 is 5.28. The first kappa shape index (κ1) is 17.0. The standard InChI is InChI=1S/C19H24N2O2/c1-14-8-10-15(11-9-14)19(22)20-13-18(21(2)3)16-6-5-7-17(12-16)23-4/h5-12,18H,13H2,1-4H3,(H,20,22). The van der Waals surface area contributed by atoms with Gasteiger partial charge in [0, 0.05) is 12.1 Å². The fraction of sp³-hybridized carbons (Fsp3) is 0.316. The van der Waals surface area contributed by atoms with Crippen molar-refractivity contribution in [1.29, 1.82) is 0 Å². The highest BCUT2D eigenvalue weighted by molar-refractivity contribution is 5.94. The summed E-state index contributed by atoms with van der Waals surface area (Å²) >= 11 is 0. The van der Waals surface area contributed by atoms with Crippen molar-refractivity contribution in [3.05, 3.63) is 65.2 Å². The van der Waals surface area contributed by atoms with Gasteiger partial charge in [0.2, 0.25) is 0 Å². The lowest BCUT2D eigenvalue weighted by atomic mass is 10.1. The number of carbonyl (C=O) groups excluding carboxylic acids is 1. The van der Waals surface area contributed by atoms with Crippen molar-refractivity contribution < 1.29 is 9.53 Å². The molecule has 1 atom stereocenters. The van der Waals surface area contributed by atoms with Crippen molar-refractivity contribution >= 4 is 5.91 Å². The molecule has 2 aromatic carbocycles. The molecule has 0 heterocycles. The number of hydrogen-bond acceptors (Lipinski definition) is 3. The summed E-state index contributed by atoms with van der Waals surface area (Å²) in [5, 5.41) is 3.01. The Bertz CT molecular complexity index is 651. The van der Waals surface area contributed by atoms with Crippen LogP contribution in [0.25, 0.3) is 0 Å². The third-order valence-corrected chi connectivity index (χ3v) is 3.87. The normalized spacial score (nSPS) is 12.0. The lowest BCUT2D eigenvalue weighted by Gasteiger charge is -2.25. The van der Waals surface area contributed by atoms with E-state index < -0.39 is 0 Å². The number of benzene rings is 2. The molecule has 0 aromatic heterocycles. The molecular weight excluding hydrogens is 288 g/mol. The predicted octanol–water partition coefficient (Wildman–Crippen LogP) is 3.04. The van der Waals surface area contributed by atoms with Gasteiger partial charge in [-0.1, -0.05) is 29.8 Å². The predicted molar refractivity (Wildman–Crippen MR) is 92.9 cm³/mol. The van der Waals surface area contributed by atoms with E-state index in [1.54, 1.807) is 7.11 Å². The number of hydrogen-bond donors (Lipinski definition) is 1. The summed E-state index contributed by atoms with van der Waals surface area (Å²) in [6.07, 6.45) is 0. The second-order valence-electron chi connectivity index (χ2n) is 5.83. The number of ether oxygens (including phenoxy) is 1. The number of methoxy groups -OCH3 is 1. The van der Waals surface area contributed by atoms with Crippen LogP contribution in [-0.4, -0.2) is 38.6 Å². The van der Waals surface area contributed by atoms with Crippen LogP contribution in [0.4, 0.5) is 0 Å². The van der Waals surface area contributed by atoms with Gasteiger partial charge in [0.25, 0.3) is 5.91 Å². The molecule has 0 spiro atoms. The molecular formula is C19H24N2O2. The van der Waals surface area contributed by atoms with Crippen LogP contribution in [0.2, 0.25) is 0 Å². The van der Waals surface area contributed by atoms with E-state index in [1.807, 2.05) is 69.6 Å². The minimum Gasteiger partial charge on any atom is -0.497 e. The monoisotopic (exact) mass is 312 g/mol. The molecule has 0 fully saturated rings. The van der Waals surface area contributed by atoms with Crippen LogP contribution in [0.1, 0.15) is 27.5 Å². The minimum absolute atomic E-state index is 0.0558. The van der Waals surface area contributed by atoms with Gasteiger partial charge >= 0.3 is 0 Å². The highest BCUT2D eigenvalue weighted by Gasteiger charge is 2.16. The topological polar surface area (TPSA) is 41.6 Å². The zero-order chi connectivity index (χ0) is 16.8. The van der Waals surface area contributed by atoms with Gasteiger partial charge in [-0.05, 0) is 50.8 Å². The number of carbonyl (C=O) groups is 1. The van der Waals surface area contributed by atoms with Gasteiger partial charge in [0.05, 0.1) is 13.2 Å². The molecule has 2 aromatic rings. The van der Waals surface area contributed by atoms with Gasteiger partial charge in [-0.3, -0.25) is 4.79 Å². The Morgan fingerprint density at radius 2 is 1.87 bits per heavy atom. The Morgan fingerprint density at radius 3 is 2.48 bits per heavy atom. The van der Waals surface area contributed by atoms with E-state index in [1.165, 1.54) is 0 Å². The van der Waals surface area contributed by atoms with Crippen LogP contribution in [0.5, 0.6) is 5.75 Å². The first-order chi connectivity index (χ1) is 11.0. The van der Waals surface area contributed by atoms with Crippen molar-refractivity contribution in [3.63, 3.8) is 0 Å². The largest absolute Gasteiger partial charge is 0.497 e. The number of aryl methyl sites for hydroxylation is 1. The summed E-state index contributed by atoms with van der Waals surface area (Å²) in [5.74, 6) is 0.763. The molecule has 0 saturated carbocycles. The number of rotatable bonds is 6. The molecule has 0 aliphatic rings. The maximum atomic E-state index is 12.3. The third kappa shape index (κ3) is 4.57. The van der Waals surface area contributed by atoms with E-state index in [2.05, 4.69) is 10.2 Å².